The molecule has 2 atom stereocenters. The monoisotopic (exact) mass is 563 g/mol. The van der Waals surface area contributed by atoms with Crippen molar-refractivity contribution in [3.8, 4) is 0 Å². The predicted octanol–water partition coefficient (Wildman–Crippen LogP) is 4.86. The standard InChI is InChI=1S/C26H45NO10S/c1-2-3-4-5-6-7-8-9-10-11-12-13-14-15-16-17-18-27(21(25(31)32)19-24(29)30)23(28)20-22(26(33)34)38(35,36)37/h17-18,21-22H,2-16,19-20H2,1H3,(H,29,30)(H,31,32)(H,33,34)(H,35,36,37)/b18-17+/t21-,22?/m0/s1. The van der Waals surface area contributed by atoms with Gasteiger partial charge in [-0.05, 0) is 12.8 Å². The fourth-order valence-corrected chi connectivity index (χ4v) is 4.67. The molecule has 0 rings (SSSR count). The summed E-state index contributed by atoms with van der Waals surface area (Å²) in [6, 6.07) is -1.87. The Labute approximate surface area is 226 Å². The molecule has 0 aliphatic heterocycles. The van der Waals surface area contributed by atoms with E-state index in [4.69, 9.17) is 14.8 Å². The molecule has 0 saturated heterocycles. The number of rotatable bonds is 24. The zero-order valence-corrected chi connectivity index (χ0v) is 23.2. The molecule has 0 aromatic rings. The van der Waals surface area contributed by atoms with Crippen molar-refractivity contribution in [3.05, 3.63) is 12.3 Å². The highest BCUT2D eigenvalue weighted by Gasteiger charge is 2.37. The molecule has 0 heterocycles. The zero-order valence-electron chi connectivity index (χ0n) is 22.4. The summed E-state index contributed by atoms with van der Waals surface area (Å²) in [5, 5.41) is 24.9. The summed E-state index contributed by atoms with van der Waals surface area (Å²) < 4.78 is 31.7. The van der Waals surface area contributed by atoms with Crippen LogP contribution >= 0.6 is 0 Å². The van der Waals surface area contributed by atoms with Gasteiger partial charge in [0, 0.05) is 6.20 Å². The molecule has 12 heteroatoms. The van der Waals surface area contributed by atoms with Crippen LogP contribution in [-0.2, 0) is 29.3 Å². The third kappa shape index (κ3) is 17.1. The minimum Gasteiger partial charge on any atom is -0.481 e. The maximum absolute atomic E-state index is 12.6. The summed E-state index contributed by atoms with van der Waals surface area (Å²) in [5.74, 6) is -6.40. The topological polar surface area (TPSA) is 187 Å². The first-order valence-electron chi connectivity index (χ1n) is 13.5. The first-order chi connectivity index (χ1) is 17.9. The quantitative estimate of drug-likeness (QED) is 0.0933. The van der Waals surface area contributed by atoms with Gasteiger partial charge in [0.15, 0.2) is 5.25 Å². The van der Waals surface area contributed by atoms with Crippen molar-refractivity contribution in [2.24, 2.45) is 0 Å². The van der Waals surface area contributed by atoms with Crippen LogP contribution in [0.4, 0.5) is 0 Å². The second-order valence-electron chi connectivity index (χ2n) is 9.57. The van der Waals surface area contributed by atoms with E-state index in [2.05, 4.69) is 6.92 Å². The van der Waals surface area contributed by atoms with E-state index in [-0.39, 0.29) is 0 Å². The normalized spacial score (nSPS) is 13.3. The maximum atomic E-state index is 12.6. The van der Waals surface area contributed by atoms with Crippen LogP contribution in [-0.4, -0.2) is 68.3 Å². The van der Waals surface area contributed by atoms with E-state index in [1.807, 2.05) is 0 Å². The molecule has 11 nitrogen and oxygen atoms in total. The number of carboxylic acids is 3. The van der Waals surface area contributed by atoms with Crippen molar-refractivity contribution in [2.75, 3.05) is 0 Å². The Kier molecular flexibility index (Phi) is 19.2. The molecule has 1 unspecified atom stereocenters. The largest absolute Gasteiger partial charge is 0.481 e. The van der Waals surface area contributed by atoms with Gasteiger partial charge in [0.25, 0.3) is 10.1 Å². The summed E-state index contributed by atoms with van der Waals surface area (Å²) in [7, 11) is -5.15. The highest BCUT2D eigenvalue weighted by molar-refractivity contribution is 7.87. The second-order valence-corrected chi connectivity index (χ2v) is 11.2. The molecule has 4 N–H and O–H groups in total. The number of hydrogen-bond donors (Lipinski definition) is 4. The van der Waals surface area contributed by atoms with Gasteiger partial charge in [0.1, 0.15) is 6.04 Å². The predicted molar refractivity (Wildman–Crippen MR) is 142 cm³/mol. The fourth-order valence-electron chi connectivity index (χ4n) is 4.06. The van der Waals surface area contributed by atoms with Crippen LogP contribution in [0.15, 0.2) is 12.3 Å². The highest BCUT2D eigenvalue weighted by Crippen LogP contribution is 2.16. The van der Waals surface area contributed by atoms with Crippen molar-refractivity contribution in [1.82, 2.24) is 4.90 Å². The number of carbonyl (C=O) groups excluding carboxylic acids is 1. The van der Waals surface area contributed by atoms with E-state index in [0.29, 0.717) is 11.3 Å². The van der Waals surface area contributed by atoms with Crippen molar-refractivity contribution < 1.29 is 47.5 Å². The summed E-state index contributed by atoms with van der Waals surface area (Å²) in [6.45, 7) is 2.22. The molecule has 220 valence electrons. The second kappa shape index (κ2) is 20.5. The first-order valence-corrected chi connectivity index (χ1v) is 15.0. The fraction of sp³-hybridized carbons (Fsp3) is 0.769. The number of allylic oxidation sites excluding steroid dienone is 1. The molecular formula is C26H45NO10S. The number of amides is 1. The molecule has 0 aromatic carbocycles. The highest BCUT2D eigenvalue weighted by atomic mass is 32.2. The molecule has 0 saturated carbocycles. The molecule has 0 radical (unpaired) electrons. The molecule has 0 aromatic heterocycles. The van der Waals surface area contributed by atoms with Crippen molar-refractivity contribution in [1.29, 1.82) is 0 Å². The van der Waals surface area contributed by atoms with E-state index in [1.54, 1.807) is 0 Å². The van der Waals surface area contributed by atoms with Crippen LogP contribution in [0.25, 0.3) is 0 Å². The lowest BCUT2D eigenvalue weighted by molar-refractivity contribution is -0.152. The summed E-state index contributed by atoms with van der Waals surface area (Å²) in [6.07, 6.45) is 17.3. The average Bonchev–Trinajstić information content (AvgIpc) is 2.82. The minimum absolute atomic E-state index is 0.460. The number of carbonyl (C=O) groups is 4. The summed E-state index contributed by atoms with van der Waals surface area (Å²) in [5.41, 5.74) is 0. The Bertz CT molecular complexity index is 856. The van der Waals surface area contributed by atoms with Crippen LogP contribution < -0.4 is 0 Å². The molecule has 0 bridgehead atoms. The van der Waals surface area contributed by atoms with Crippen LogP contribution in [0.5, 0.6) is 0 Å². The first kappa shape index (κ1) is 35.5. The van der Waals surface area contributed by atoms with E-state index < -0.39 is 58.1 Å². The third-order valence-corrected chi connectivity index (χ3v) is 7.35. The molecular weight excluding hydrogens is 518 g/mol. The van der Waals surface area contributed by atoms with Crippen molar-refractivity contribution in [2.45, 2.75) is 127 Å². The average molecular weight is 564 g/mol. The van der Waals surface area contributed by atoms with Crippen LogP contribution in [0.1, 0.15) is 116 Å². The van der Waals surface area contributed by atoms with Gasteiger partial charge in [0.05, 0.1) is 12.8 Å². The van der Waals surface area contributed by atoms with Gasteiger partial charge in [0.2, 0.25) is 5.91 Å². The van der Waals surface area contributed by atoms with Crippen LogP contribution in [0.2, 0.25) is 0 Å². The SMILES string of the molecule is CCCCCCCCCCCCCCCC/C=C/N(C(=O)CC(C(=O)O)S(=O)(=O)O)[C@@H](CC(=O)O)C(=O)O. The smallest absolute Gasteiger partial charge is 0.327 e. The molecule has 0 spiro atoms. The van der Waals surface area contributed by atoms with Gasteiger partial charge >= 0.3 is 17.9 Å². The molecule has 0 fully saturated rings. The van der Waals surface area contributed by atoms with Gasteiger partial charge < -0.3 is 20.2 Å². The van der Waals surface area contributed by atoms with Gasteiger partial charge in [-0.2, -0.15) is 8.42 Å². The Morgan fingerprint density at radius 2 is 1.16 bits per heavy atom. The third-order valence-electron chi connectivity index (χ3n) is 6.26. The molecule has 0 aliphatic rings. The molecule has 0 aliphatic carbocycles. The minimum atomic E-state index is -5.15. The molecule has 38 heavy (non-hydrogen) atoms. The van der Waals surface area contributed by atoms with Crippen molar-refractivity contribution in [3.63, 3.8) is 0 Å². The Morgan fingerprint density at radius 1 is 0.711 bits per heavy atom. The number of carboxylic acid groups (broad SMARTS) is 3. The summed E-state index contributed by atoms with van der Waals surface area (Å²) >= 11 is 0. The lowest BCUT2D eigenvalue weighted by Gasteiger charge is -2.25. The Hall–Kier alpha value is -2.47. The summed E-state index contributed by atoms with van der Waals surface area (Å²) in [4.78, 5) is 47.0. The Balaban J connectivity index is 4.62. The number of unbranched alkanes of at least 4 members (excludes halogenated alkanes) is 14. The van der Waals surface area contributed by atoms with E-state index in [0.717, 1.165) is 31.9 Å². The van der Waals surface area contributed by atoms with Crippen LogP contribution in [0, 0.1) is 0 Å². The van der Waals surface area contributed by atoms with E-state index in [9.17, 15) is 32.7 Å². The van der Waals surface area contributed by atoms with Crippen LogP contribution in [0.3, 0.4) is 0 Å². The lowest BCUT2D eigenvalue weighted by atomic mass is 10.0. The molecule has 1 amide bonds. The van der Waals surface area contributed by atoms with Gasteiger partial charge in [-0.3, -0.25) is 18.9 Å². The number of nitrogens with zero attached hydrogens (tertiary/aromatic N) is 1. The van der Waals surface area contributed by atoms with Gasteiger partial charge in [-0.25, -0.2) is 4.79 Å². The van der Waals surface area contributed by atoms with E-state index in [1.165, 1.54) is 70.3 Å². The van der Waals surface area contributed by atoms with Gasteiger partial charge in [-0.1, -0.05) is 96.5 Å². The zero-order chi connectivity index (χ0) is 29.0. The Morgan fingerprint density at radius 3 is 1.53 bits per heavy atom. The van der Waals surface area contributed by atoms with Crippen molar-refractivity contribution >= 4 is 33.9 Å². The lowest BCUT2D eigenvalue weighted by Crippen LogP contribution is -2.45. The number of hydrogen-bond acceptors (Lipinski definition) is 6. The maximum Gasteiger partial charge on any atom is 0.327 e. The van der Waals surface area contributed by atoms with E-state index >= 15 is 0 Å². The number of aliphatic carboxylic acids is 3. The van der Waals surface area contributed by atoms with Gasteiger partial charge in [-0.15, -0.1) is 0 Å².